The van der Waals surface area contributed by atoms with Gasteiger partial charge in [-0.15, -0.1) is 0 Å². The van der Waals surface area contributed by atoms with Crippen molar-refractivity contribution >= 4 is 6.09 Å². The van der Waals surface area contributed by atoms with E-state index in [0.29, 0.717) is 13.1 Å². The van der Waals surface area contributed by atoms with Gasteiger partial charge >= 0.3 is 6.09 Å². The van der Waals surface area contributed by atoms with Crippen molar-refractivity contribution < 1.29 is 9.53 Å². The van der Waals surface area contributed by atoms with Gasteiger partial charge in [0.05, 0.1) is 7.11 Å². The Kier molecular flexibility index (Phi) is 4.61. The maximum absolute atomic E-state index is 11.0. The molecule has 0 heterocycles. The van der Waals surface area contributed by atoms with Crippen molar-refractivity contribution in [3.63, 3.8) is 0 Å². The van der Waals surface area contributed by atoms with Crippen molar-refractivity contribution in [3.05, 3.63) is 0 Å². The van der Waals surface area contributed by atoms with Gasteiger partial charge < -0.3 is 15.4 Å². The Bertz CT molecular complexity index is 126. The molecule has 0 aromatic rings. The number of ether oxygens (including phenoxy) is 1. The van der Waals surface area contributed by atoms with E-state index in [-0.39, 0.29) is 12.1 Å². The molecule has 66 valence electrons. The average molecular weight is 160 g/mol. The van der Waals surface area contributed by atoms with Crippen LogP contribution in [0.2, 0.25) is 0 Å². The van der Waals surface area contributed by atoms with E-state index >= 15 is 0 Å². The lowest BCUT2D eigenvalue weighted by Crippen LogP contribution is -2.40. The lowest BCUT2D eigenvalue weighted by molar-refractivity contribution is 0.113. The van der Waals surface area contributed by atoms with Gasteiger partial charge in [0.25, 0.3) is 0 Å². The van der Waals surface area contributed by atoms with Crippen LogP contribution in [0.1, 0.15) is 13.8 Å². The van der Waals surface area contributed by atoms with Crippen molar-refractivity contribution in [2.45, 2.75) is 19.9 Å². The molecule has 11 heavy (non-hydrogen) atoms. The summed E-state index contributed by atoms with van der Waals surface area (Å²) in [6, 6.07) is 0.144. The zero-order valence-corrected chi connectivity index (χ0v) is 7.33. The molecule has 1 amide bonds. The van der Waals surface area contributed by atoms with Gasteiger partial charge in [0.2, 0.25) is 0 Å². The van der Waals surface area contributed by atoms with Crippen LogP contribution in [-0.2, 0) is 4.74 Å². The third-order valence-electron chi connectivity index (χ3n) is 1.40. The first-order valence-electron chi connectivity index (χ1n) is 3.68. The summed E-state index contributed by atoms with van der Waals surface area (Å²) in [6.45, 7) is 4.86. The molecule has 0 aromatic heterocycles. The average Bonchev–Trinajstić information content (AvgIpc) is 1.98. The monoisotopic (exact) mass is 160 g/mol. The van der Waals surface area contributed by atoms with Gasteiger partial charge in [-0.1, -0.05) is 0 Å². The zero-order valence-electron chi connectivity index (χ0n) is 7.33. The van der Waals surface area contributed by atoms with E-state index in [1.54, 1.807) is 4.90 Å². The molecule has 2 N–H and O–H groups in total. The highest BCUT2D eigenvalue weighted by atomic mass is 16.5. The van der Waals surface area contributed by atoms with E-state index in [1.807, 2.05) is 13.8 Å². The predicted octanol–water partition coefficient (Wildman–Crippen LogP) is 0.422. The van der Waals surface area contributed by atoms with Crippen LogP contribution in [0.25, 0.3) is 0 Å². The van der Waals surface area contributed by atoms with E-state index in [2.05, 4.69) is 4.74 Å². The van der Waals surface area contributed by atoms with Crippen molar-refractivity contribution in [1.82, 2.24) is 4.90 Å². The van der Waals surface area contributed by atoms with Crippen molar-refractivity contribution in [3.8, 4) is 0 Å². The predicted molar refractivity (Wildman–Crippen MR) is 43.3 cm³/mol. The van der Waals surface area contributed by atoms with Crippen LogP contribution in [0.15, 0.2) is 0 Å². The number of nitrogens with two attached hydrogens (primary N) is 1. The number of nitrogens with zero attached hydrogens (tertiary/aromatic N) is 1. The summed E-state index contributed by atoms with van der Waals surface area (Å²) in [5.41, 5.74) is 5.31. The summed E-state index contributed by atoms with van der Waals surface area (Å²) in [4.78, 5) is 12.6. The van der Waals surface area contributed by atoms with Crippen LogP contribution in [0.4, 0.5) is 4.79 Å². The fraction of sp³-hybridized carbons (Fsp3) is 0.857. The Morgan fingerprint density at radius 2 is 2.18 bits per heavy atom. The first kappa shape index (κ1) is 10.2. The highest BCUT2D eigenvalue weighted by Crippen LogP contribution is 1.98. The second kappa shape index (κ2) is 4.96. The molecule has 0 bridgehead atoms. The molecule has 0 aliphatic rings. The van der Waals surface area contributed by atoms with Crippen molar-refractivity contribution in [1.29, 1.82) is 0 Å². The van der Waals surface area contributed by atoms with Crippen LogP contribution >= 0.6 is 0 Å². The molecule has 0 fully saturated rings. The smallest absolute Gasteiger partial charge is 0.409 e. The molecular weight excluding hydrogens is 144 g/mol. The van der Waals surface area contributed by atoms with Gasteiger partial charge in [0, 0.05) is 19.1 Å². The number of carbonyl (C=O) groups excluding carboxylic acids is 1. The van der Waals surface area contributed by atoms with Crippen LogP contribution in [0, 0.1) is 0 Å². The molecular formula is C7H16N2O2. The van der Waals surface area contributed by atoms with Gasteiger partial charge in [-0.3, -0.25) is 0 Å². The zero-order chi connectivity index (χ0) is 8.85. The van der Waals surface area contributed by atoms with Crippen molar-refractivity contribution in [2.75, 3.05) is 20.2 Å². The SMILES string of the molecule is COC(=O)N(CCN)C(C)C. The fourth-order valence-electron chi connectivity index (χ4n) is 0.817. The van der Waals surface area contributed by atoms with E-state index in [0.717, 1.165) is 0 Å². The minimum absolute atomic E-state index is 0.144. The second-order valence-electron chi connectivity index (χ2n) is 2.55. The van der Waals surface area contributed by atoms with Crippen LogP contribution < -0.4 is 5.73 Å². The number of methoxy groups -OCH3 is 1. The van der Waals surface area contributed by atoms with Crippen molar-refractivity contribution in [2.24, 2.45) is 5.73 Å². The molecule has 0 aromatic carbocycles. The summed E-state index contributed by atoms with van der Waals surface area (Å²) in [5, 5.41) is 0. The number of amides is 1. The van der Waals surface area contributed by atoms with Gasteiger partial charge in [-0.2, -0.15) is 0 Å². The fourth-order valence-corrected chi connectivity index (χ4v) is 0.817. The molecule has 0 saturated heterocycles. The van der Waals surface area contributed by atoms with Gasteiger partial charge in [0.15, 0.2) is 0 Å². The molecule has 0 unspecified atom stereocenters. The van der Waals surface area contributed by atoms with Gasteiger partial charge in [-0.05, 0) is 13.8 Å². The maximum atomic E-state index is 11.0. The van der Waals surface area contributed by atoms with E-state index < -0.39 is 0 Å². The Morgan fingerprint density at radius 1 is 1.64 bits per heavy atom. The van der Waals surface area contributed by atoms with Crippen LogP contribution in [0.3, 0.4) is 0 Å². The molecule has 0 saturated carbocycles. The third kappa shape index (κ3) is 3.23. The number of hydrogen-bond acceptors (Lipinski definition) is 3. The Balaban J connectivity index is 3.98. The standard InChI is InChI=1S/C7H16N2O2/c1-6(2)9(5-4-8)7(10)11-3/h6H,4-5,8H2,1-3H3. The topological polar surface area (TPSA) is 55.6 Å². The van der Waals surface area contributed by atoms with E-state index in [4.69, 9.17) is 5.73 Å². The quantitative estimate of drug-likeness (QED) is 0.651. The third-order valence-corrected chi connectivity index (χ3v) is 1.40. The minimum atomic E-state index is -0.314. The number of hydrogen-bond donors (Lipinski definition) is 1. The lowest BCUT2D eigenvalue weighted by Gasteiger charge is -2.24. The molecule has 0 rings (SSSR count). The highest BCUT2D eigenvalue weighted by Gasteiger charge is 2.15. The van der Waals surface area contributed by atoms with Crippen LogP contribution in [-0.4, -0.2) is 37.2 Å². The van der Waals surface area contributed by atoms with Gasteiger partial charge in [-0.25, -0.2) is 4.79 Å². The molecule has 4 heteroatoms. The Labute approximate surface area is 67.3 Å². The van der Waals surface area contributed by atoms with Gasteiger partial charge in [0.1, 0.15) is 0 Å². The second-order valence-corrected chi connectivity index (χ2v) is 2.55. The first-order chi connectivity index (χ1) is 5.13. The summed E-state index contributed by atoms with van der Waals surface area (Å²) < 4.78 is 4.56. The molecule has 0 spiro atoms. The van der Waals surface area contributed by atoms with E-state index in [9.17, 15) is 4.79 Å². The highest BCUT2D eigenvalue weighted by molar-refractivity contribution is 5.67. The maximum Gasteiger partial charge on any atom is 0.409 e. The largest absolute Gasteiger partial charge is 0.453 e. The Morgan fingerprint density at radius 3 is 2.45 bits per heavy atom. The molecule has 0 radical (unpaired) electrons. The first-order valence-corrected chi connectivity index (χ1v) is 3.68. The molecule has 4 nitrogen and oxygen atoms in total. The molecule has 0 atom stereocenters. The van der Waals surface area contributed by atoms with E-state index in [1.165, 1.54) is 7.11 Å². The summed E-state index contributed by atoms with van der Waals surface area (Å²) in [6.07, 6.45) is -0.314. The van der Waals surface area contributed by atoms with Crippen LogP contribution in [0.5, 0.6) is 0 Å². The summed E-state index contributed by atoms with van der Waals surface area (Å²) in [7, 11) is 1.37. The Hall–Kier alpha value is -0.770. The summed E-state index contributed by atoms with van der Waals surface area (Å²) in [5.74, 6) is 0. The molecule has 0 aliphatic heterocycles. The summed E-state index contributed by atoms with van der Waals surface area (Å²) >= 11 is 0. The minimum Gasteiger partial charge on any atom is -0.453 e. The normalized spacial score (nSPS) is 9.91. The number of carbonyl (C=O) groups is 1. The number of rotatable bonds is 3. The lowest BCUT2D eigenvalue weighted by atomic mass is 10.3. The molecule has 0 aliphatic carbocycles.